The molecule has 104 valence electrons. The molecular formula is C15H28N2O. The molecule has 0 spiro atoms. The predicted molar refractivity (Wildman–Crippen MR) is 74.3 cm³/mol. The zero-order valence-corrected chi connectivity index (χ0v) is 11.9. The van der Waals surface area contributed by atoms with Crippen LogP contribution in [0.25, 0.3) is 0 Å². The summed E-state index contributed by atoms with van der Waals surface area (Å²) in [4.78, 5) is 12.1. The molecule has 2 aliphatic rings. The minimum atomic E-state index is 0.180. The molecule has 3 nitrogen and oxygen atoms in total. The molecule has 0 aromatic heterocycles. The minimum Gasteiger partial charge on any atom is -0.353 e. The van der Waals surface area contributed by atoms with Crippen LogP contribution in [0.5, 0.6) is 0 Å². The van der Waals surface area contributed by atoms with Gasteiger partial charge in [-0.05, 0) is 50.6 Å². The number of amides is 1. The first-order valence-corrected chi connectivity index (χ1v) is 7.71. The van der Waals surface area contributed by atoms with E-state index in [0.717, 1.165) is 19.0 Å². The van der Waals surface area contributed by atoms with E-state index in [-0.39, 0.29) is 11.8 Å². The largest absolute Gasteiger partial charge is 0.353 e. The minimum absolute atomic E-state index is 0.180. The lowest BCUT2D eigenvalue weighted by atomic mass is 9.83. The van der Waals surface area contributed by atoms with Crippen molar-refractivity contribution in [3.8, 4) is 0 Å². The van der Waals surface area contributed by atoms with Crippen molar-refractivity contribution < 1.29 is 4.79 Å². The van der Waals surface area contributed by atoms with Crippen molar-refractivity contribution in [3.05, 3.63) is 0 Å². The predicted octanol–water partition coefficient (Wildman–Crippen LogP) is 2.32. The molecule has 1 saturated heterocycles. The van der Waals surface area contributed by atoms with Crippen LogP contribution in [0.3, 0.4) is 0 Å². The number of hydrogen-bond donors (Lipinski definition) is 2. The van der Waals surface area contributed by atoms with Crippen LogP contribution < -0.4 is 10.6 Å². The van der Waals surface area contributed by atoms with E-state index in [0.29, 0.717) is 12.0 Å². The second-order valence-corrected chi connectivity index (χ2v) is 6.22. The highest BCUT2D eigenvalue weighted by Crippen LogP contribution is 2.28. The van der Waals surface area contributed by atoms with Gasteiger partial charge in [0.1, 0.15) is 0 Å². The maximum atomic E-state index is 12.1. The summed E-state index contributed by atoms with van der Waals surface area (Å²) in [6.45, 7) is 6.36. The summed E-state index contributed by atoms with van der Waals surface area (Å²) in [5.41, 5.74) is 0. The normalized spacial score (nSPS) is 30.6. The Morgan fingerprint density at radius 1 is 1.28 bits per heavy atom. The average Bonchev–Trinajstić information content (AvgIpc) is 2.29. The third-order valence-electron chi connectivity index (χ3n) is 4.82. The van der Waals surface area contributed by atoms with E-state index in [1.807, 2.05) is 0 Å². The lowest BCUT2D eigenvalue weighted by Crippen LogP contribution is -2.51. The fraction of sp³-hybridized carbons (Fsp3) is 0.933. The highest BCUT2D eigenvalue weighted by molar-refractivity contribution is 5.79. The summed E-state index contributed by atoms with van der Waals surface area (Å²) in [5.74, 6) is 1.93. The van der Waals surface area contributed by atoms with E-state index in [4.69, 9.17) is 0 Å². The molecule has 1 unspecified atom stereocenters. The maximum Gasteiger partial charge on any atom is 0.223 e. The van der Waals surface area contributed by atoms with Gasteiger partial charge in [-0.25, -0.2) is 0 Å². The molecule has 3 heteroatoms. The van der Waals surface area contributed by atoms with Crippen LogP contribution >= 0.6 is 0 Å². The summed E-state index contributed by atoms with van der Waals surface area (Å²) < 4.78 is 0. The Balaban J connectivity index is 1.68. The molecule has 2 fully saturated rings. The number of nitrogens with one attached hydrogen (secondary N) is 2. The molecule has 2 rings (SSSR count). The summed E-state index contributed by atoms with van der Waals surface area (Å²) in [7, 11) is 0. The highest BCUT2D eigenvalue weighted by atomic mass is 16.1. The van der Waals surface area contributed by atoms with Crippen LogP contribution in [0, 0.1) is 17.8 Å². The molecule has 1 saturated carbocycles. The SMILES string of the molecule is CCCC1CCC(NC(=O)C(C)C2CNC2)CC1. The fourth-order valence-electron chi connectivity index (χ4n) is 3.21. The van der Waals surface area contributed by atoms with E-state index in [2.05, 4.69) is 24.5 Å². The van der Waals surface area contributed by atoms with Gasteiger partial charge in [0, 0.05) is 12.0 Å². The molecular weight excluding hydrogens is 224 g/mol. The standard InChI is InChI=1S/C15H28N2O/c1-3-4-12-5-7-14(8-6-12)17-15(18)11(2)13-9-16-10-13/h11-14,16H,3-10H2,1-2H3,(H,17,18). The second-order valence-electron chi connectivity index (χ2n) is 6.22. The van der Waals surface area contributed by atoms with Gasteiger partial charge in [0.15, 0.2) is 0 Å². The van der Waals surface area contributed by atoms with E-state index < -0.39 is 0 Å². The Morgan fingerprint density at radius 2 is 1.94 bits per heavy atom. The second kappa shape index (κ2) is 6.55. The van der Waals surface area contributed by atoms with Gasteiger partial charge >= 0.3 is 0 Å². The van der Waals surface area contributed by atoms with Crippen LogP contribution in [0.1, 0.15) is 52.4 Å². The van der Waals surface area contributed by atoms with Gasteiger partial charge in [-0.2, -0.15) is 0 Å². The Kier molecular flexibility index (Phi) is 5.04. The number of hydrogen-bond acceptors (Lipinski definition) is 2. The van der Waals surface area contributed by atoms with Crippen molar-refractivity contribution >= 4 is 5.91 Å². The summed E-state index contributed by atoms with van der Waals surface area (Å²) >= 11 is 0. The summed E-state index contributed by atoms with van der Waals surface area (Å²) in [5, 5.41) is 6.50. The summed E-state index contributed by atoms with van der Waals surface area (Å²) in [6.07, 6.45) is 7.65. The highest BCUT2D eigenvalue weighted by Gasteiger charge is 2.30. The quantitative estimate of drug-likeness (QED) is 0.788. The zero-order chi connectivity index (χ0) is 13.0. The maximum absolute atomic E-state index is 12.1. The van der Waals surface area contributed by atoms with Crippen molar-refractivity contribution in [2.75, 3.05) is 13.1 Å². The molecule has 0 aromatic rings. The van der Waals surface area contributed by atoms with Gasteiger partial charge in [0.2, 0.25) is 5.91 Å². The number of carbonyl (C=O) groups is 1. The molecule has 0 bridgehead atoms. The first kappa shape index (κ1) is 13.9. The molecule has 1 aliphatic carbocycles. The molecule has 0 aromatic carbocycles. The van der Waals surface area contributed by atoms with E-state index in [1.54, 1.807) is 0 Å². The van der Waals surface area contributed by atoms with Crippen molar-refractivity contribution in [1.82, 2.24) is 10.6 Å². The third kappa shape index (κ3) is 3.47. The molecule has 1 amide bonds. The average molecular weight is 252 g/mol. The number of carbonyl (C=O) groups excluding carboxylic acids is 1. The number of rotatable bonds is 5. The van der Waals surface area contributed by atoms with Crippen molar-refractivity contribution in [2.45, 2.75) is 58.4 Å². The Hall–Kier alpha value is -0.570. The van der Waals surface area contributed by atoms with E-state index in [9.17, 15) is 4.79 Å². The van der Waals surface area contributed by atoms with Crippen LogP contribution in [0.4, 0.5) is 0 Å². The van der Waals surface area contributed by atoms with Crippen molar-refractivity contribution in [3.63, 3.8) is 0 Å². The molecule has 1 atom stereocenters. The van der Waals surface area contributed by atoms with Gasteiger partial charge in [-0.3, -0.25) is 4.79 Å². The summed E-state index contributed by atoms with van der Waals surface area (Å²) in [6, 6.07) is 0.445. The van der Waals surface area contributed by atoms with Crippen molar-refractivity contribution in [1.29, 1.82) is 0 Å². The topological polar surface area (TPSA) is 41.1 Å². The van der Waals surface area contributed by atoms with E-state index >= 15 is 0 Å². The molecule has 0 radical (unpaired) electrons. The van der Waals surface area contributed by atoms with Gasteiger partial charge in [-0.1, -0.05) is 26.7 Å². The fourth-order valence-corrected chi connectivity index (χ4v) is 3.21. The Bertz CT molecular complexity index is 268. The molecule has 1 aliphatic heterocycles. The first-order chi connectivity index (χ1) is 8.70. The van der Waals surface area contributed by atoms with Gasteiger partial charge in [-0.15, -0.1) is 0 Å². The van der Waals surface area contributed by atoms with Gasteiger partial charge in [0.25, 0.3) is 0 Å². The first-order valence-electron chi connectivity index (χ1n) is 7.71. The third-order valence-corrected chi connectivity index (χ3v) is 4.82. The monoisotopic (exact) mass is 252 g/mol. The Labute approximate surface area is 111 Å². The smallest absolute Gasteiger partial charge is 0.223 e. The molecule has 1 heterocycles. The molecule has 18 heavy (non-hydrogen) atoms. The van der Waals surface area contributed by atoms with Gasteiger partial charge < -0.3 is 10.6 Å². The van der Waals surface area contributed by atoms with Crippen LogP contribution in [-0.4, -0.2) is 25.0 Å². The molecule has 2 N–H and O–H groups in total. The van der Waals surface area contributed by atoms with Crippen molar-refractivity contribution in [2.24, 2.45) is 17.8 Å². The van der Waals surface area contributed by atoms with Gasteiger partial charge in [0.05, 0.1) is 0 Å². The van der Waals surface area contributed by atoms with Crippen LogP contribution in [0.15, 0.2) is 0 Å². The van der Waals surface area contributed by atoms with E-state index in [1.165, 1.54) is 38.5 Å². The lowest BCUT2D eigenvalue weighted by molar-refractivity contribution is -0.127. The van der Waals surface area contributed by atoms with Crippen LogP contribution in [0.2, 0.25) is 0 Å². The Morgan fingerprint density at radius 3 is 2.44 bits per heavy atom. The van der Waals surface area contributed by atoms with Crippen LogP contribution in [-0.2, 0) is 4.79 Å². The zero-order valence-electron chi connectivity index (χ0n) is 11.9. The lowest BCUT2D eigenvalue weighted by Gasteiger charge is -2.34.